The summed E-state index contributed by atoms with van der Waals surface area (Å²) in [6.45, 7) is 4.74. The second kappa shape index (κ2) is 6.13. The number of carbonyl (C=O) groups excluding carboxylic acids is 1. The molecule has 3 rings (SSSR count). The van der Waals surface area contributed by atoms with Gasteiger partial charge in [0.2, 0.25) is 0 Å². The van der Waals surface area contributed by atoms with Crippen LogP contribution in [-0.4, -0.2) is 38.8 Å². The van der Waals surface area contributed by atoms with Gasteiger partial charge in [0, 0.05) is 31.0 Å². The lowest BCUT2D eigenvalue weighted by Gasteiger charge is -2.23. The molecule has 2 saturated heterocycles. The fourth-order valence-corrected chi connectivity index (χ4v) is 2.85. The number of nitrogens with one attached hydrogen (secondary N) is 3. The van der Waals surface area contributed by atoms with Gasteiger partial charge >= 0.3 is 6.03 Å². The van der Waals surface area contributed by atoms with E-state index in [2.05, 4.69) is 28.1 Å². The van der Waals surface area contributed by atoms with Crippen LogP contribution in [0.15, 0.2) is 24.3 Å². The molecule has 0 unspecified atom stereocenters. The summed E-state index contributed by atoms with van der Waals surface area (Å²) in [5, 5.41) is 9.72. The second-order valence-corrected chi connectivity index (χ2v) is 5.51. The lowest BCUT2D eigenvalue weighted by molar-refractivity contribution is 0.252. The van der Waals surface area contributed by atoms with Crippen molar-refractivity contribution in [2.45, 2.75) is 12.8 Å². The zero-order chi connectivity index (χ0) is 13.8. The second-order valence-electron chi connectivity index (χ2n) is 5.51. The van der Waals surface area contributed by atoms with Crippen molar-refractivity contribution in [3.05, 3.63) is 24.3 Å². The smallest absolute Gasteiger partial charge is 0.321 e. The maximum absolute atomic E-state index is 11.7. The third-order valence-electron chi connectivity index (χ3n) is 4.07. The van der Waals surface area contributed by atoms with Gasteiger partial charge in [-0.05, 0) is 50.0 Å². The molecule has 3 N–H and O–H groups in total. The van der Waals surface area contributed by atoms with Crippen LogP contribution in [0.25, 0.3) is 0 Å². The van der Waals surface area contributed by atoms with E-state index in [0.717, 1.165) is 50.0 Å². The topological polar surface area (TPSA) is 56.4 Å². The summed E-state index contributed by atoms with van der Waals surface area (Å²) in [7, 11) is 0. The third-order valence-corrected chi connectivity index (χ3v) is 4.07. The molecule has 2 amide bonds. The molecule has 5 heteroatoms. The average molecular weight is 274 g/mol. The Morgan fingerprint density at radius 2 is 2.10 bits per heavy atom. The number of anilines is 2. The minimum Gasteiger partial charge on any atom is -0.385 e. The van der Waals surface area contributed by atoms with Gasteiger partial charge in [-0.2, -0.15) is 0 Å². The van der Waals surface area contributed by atoms with Crippen molar-refractivity contribution >= 4 is 17.4 Å². The number of nitrogens with zero attached hydrogens (tertiary/aromatic N) is 1. The predicted molar refractivity (Wildman–Crippen MR) is 81.3 cm³/mol. The molecule has 0 bridgehead atoms. The molecule has 2 aliphatic rings. The zero-order valence-electron chi connectivity index (χ0n) is 11.7. The van der Waals surface area contributed by atoms with Gasteiger partial charge in [0.15, 0.2) is 0 Å². The van der Waals surface area contributed by atoms with E-state index in [1.165, 1.54) is 12.8 Å². The van der Waals surface area contributed by atoms with Crippen molar-refractivity contribution in [3.63, 3.8) is 0 Å². The fourth-order valence-electron chi connectivity index (χ4n) is 2.85. The van der Waals surface area contributed by atoms with E-state index in [1.54, 1.807) is 4.90 Å². The molecule has 2 fully saturated rings. The van der Waals surface area contributed by atoms with Crippen LogP contribution in [-0.2, 0) is 0 Å². The number of hydrogen-bond donors (Lipinski definition) is 3. The number of urea groups is 1. The zero-order valence-corrected chi connectivity index (χ0v) is 11.7. The van der Waals surface area contributed by atoms with Crippen LogP contribution in [0.3, 0.4) is 0 Å². The first-order chi connectivity index (χ1) is 9.83. The minimum atomic E-state index is 0.000467. The minimum absolute atomic E-state index is 0.000467. The van der Waals surface area contributed by atoms with Crippen molar-refractivity contribution in [1.29, 1.82) is 0 Å². The Balaban J connectivity index is 1.60. The Hall–Kier alpha value is -1.75. The first-order valence-electron chi connectivity index (χ1n) is 7.43. The highest BCUT2D eigenvalue weighted by Crippen LogP contribution is 2.22. The Labute approximate surface area is 119 Å². The van der Waals surface area contributed by atoms with Gasteiger partial charge in [-0.3, -0.25) is 4.90 Å². The van der Waals surface area contributed by atoms with Crippen LogP contribution in [0, 0.1) is 5.92 Å². The van der Waals surface area contributed by atoms with Crippen molar-refractivity contribution in [2.24, 2.45) is 5.92 Å². The third kappa shape index (κ3) is 3.04. The summed E-state index contributed by atoms with van der Waals surface area (Å²) in [4.78, 5) is 13.5. The van der Waals surface area contributed by atoms with E-state index in [4.69, 9.17) is 0 Å². The molecular formula is C15H22N4O. The lowest BCUT2D eigenvalue weighted by atomic mass is 9.98. The summed E-state index contributed by atoms with van der Waals surface area (Å²) in [5.41, 5.74) is 2.07. The molecule has 0 aromatic heterocycles. The standard InChI is InChI=1S/C15H22N4O/c20-15-17-8-9-19(15)14-3-1-2-13(10-14)18-11-12-4-6-16-7-5-12/h1-3,10,12,16,18H,4-9,11H2,(H,17,20). The molecule has 2 aliphatic heterocycles. The molecule has 0 radical (unpaired) electrons. The van der Waals surface area contributed by atoms with Gasteiger partial charge in [-0.25, -0.2) is 4.79 Å². The monoisotopic (exact) mass is 274 g/mol. The predicted octanol–water partition coefficient (Wildman–Crippen LogP) is 1.63. The Morgan fingerprint density at radius 3 is 2.85 bits per heavy atom. The Bertz CT molecular complexity index is 471. The van der Waals surface area contributed by atoms with Gasteiger partial charge < -0.3 is 16.0 Å². The lowest BCUT2D eigenvalue weighted by Crippen LogP contribution is -2.31. The fraction of sp³-hybridized carbons (Fsp3) is 0.533. The number of hydrogen-bond acceptors (Lipinski definition) is 3. The van der Waals surface area contributed by atoms with Gasteiger partial charge in [-0.1, -0.05) is 6.07 Å². The number of benzene rings is 1. The van der Waals surface area contributed by atoms with Crippen LogP contribution < -0.4 is 20.9 Å². The molecule has 0 saturated carbocycles. The molecule has 1 aromatic carbocycles. The van der Waals surface area contributed by atoms with Gasteiger partial charge in [0.25, 0.3) is 0 Å². The van der Waals surface area contributed by atoms with E-state index >= 15 is 0 Å². The normalized spacial score (nSPS) is 20.0. The van der Waals surface area contributed by atoms with E-state index in [1.807, 2.05) is 12.1 Å². The van der Waals surface area contributed by atoms with Crippen molar-refractivity contribution < 1.29 is 4.79 Å². The molecule has 0 spiro atoms. The van der Waals surface area contributed by atoms with E-state index in [0.29, 0.717) is 0 Å². The first-order valence-corrected chi connectivity index (χ1v) is 7.43. The van der Waals surface area contributed by atoms with Crippen LogP contribution in [0.4, 0.5) is 16.2 Å². The highest BCUT2D eigenvalue weighted by molar-refractivity contribution is 5.94. The van der Waals surface area contributed by atoms with Gasteiger partial charge in [0.05, 0.1) is 0 Å². The first kappa shape index (κ1) is 13.2. The average Bonchev–Trinajstić information content (AvgIpc) is 2.93. The molecule has 5 nitrogen and oxygen atoms in total. The number of amides is 2. The van der Waals surface area contributed by atoms with Crippen LogP contribution in [0.2, 0.25) is 0 Å². The molecular weight excluding hydrogens is 252 g/mol. The highest BCUT2D eigenvalue weighted by atomic mass is 16.2. The quantitative estimate of drug-likeness (QED) is 0.782. The molecule has 0 aliphatic carbocycles. The van der Waals surface area contributed by atoms with E-state index < -0.39 is 0 Å². The summed E-state index contributed by atoms with van der Waals surface area (Å²) < 4.78 is 0. The van der Waals surface area contributed by atoms with Gasteiger partial charge in [0.1, 0.15) is 0 Å². The molecule has 20 heavy (non-hydrogen) atoms. The van der Waals surface area contributed by atoms with Crippen molar-refractivity contribution in [2.75, 3.05) is 42.9 Å². The SMILES string of the molecule is O=C1NCCN1c1cccc(NCC2CCNCC2)c1. The largest absolute Gasteiger partial charge is 0.385 e. The Morgan fingerprint density at radius 1 is 1.25 bits per heavy atom. The highest BCUT2D eigenvalue weighted by Gasteiger charge is 2.21. The summed E-state index contributed by atoms with van der Waals surface area (Å²) >= 11 is 0. The van der Waals surface area contributed by atoms with Crippen LogP contribution in [0.5, 0.6) is 0 Å². The molecule has 2 heterocycles. The maximum atomic E-state index is 11.7. The van der Waals surface area contributed by atoms with E-state index in [-0.39, 0.29) is 6.03 Å². The maximum Gasteiger partial charge on any atom is 0.321 e. The summed E-state index contributed by atoms with van der Waals surface area (Å²) in [6, 6.07) is 8.12. The summed E-state index contributed by atoms with van der Waals surface area (Å²) in [5.74, 6) is 0.745. The van der Waals surface area contributed by atoms with Crippen molar-refractivity contribution in [1.82, 2.24) is 10.6 Å². The van der Waals surface area contributed by atoms with Crippen LogP contribution in [0.1, 0.15) is 12.8 Å². The molecule has 0 atom stereocenters. The number of rotatable bonds is 4. The number of carbonyl (C=O) groups is 1. The van der Waals surface area contributed by atoms with E-state index in [9.17, 15) is 4.79 Å². The molecule has 1 aromatic rings. The van der Waals surface area contributed by atoms with Gasteiger partial charge in [-0.15, -0.1) is 0 Å². The van der Waals surface area contributed by atoms with Crippen molar-refractivity contribution in [3.8, 4) is 0 Å². The summed E-state index contributed by atoms with van der Waals surface area (Å²) in [6.07, 6.45) is 2.47. The van der Waals surface area contributed by atoms with Crippen LogP contribution >= 0.6 is 0 Å². The Kier molecular flexibility index (Phi) is 4.06. The number of piperidine rings is 1. The molecule has 108 valence electrons.